The van der Waals surface area contributed by atoms with Crippen molar-refractivity contribution in [1.82, 2.24) is 13.9 Å². The second-order valence-corrected chi connectivity index (χ2v) is 9.52. The summed E-state index contributed by atoms with van der Waals surface area (Å²) in [5.74, 6) is 1.35. The highest BCUT2D eigenvalue weighted by atomic mass is 35.5. The Morgan fingerprint density at radius 2 is 1.96 bits per heavy atom. The van der Waals surface area contributed by atoms with Gasteiger partial charge in [-0.05, 0) is 44.9 Å². The lowest BCUT2D eigenvalue weighted by atomic mass is 10.2. The van der Waals surface area contributed by atoms with Crippen LogP contribution in [-0.4, -0.2) is 41.5 Å². The average molecular weight is 427 g/mol. The van der Waals surface area contributed by atoms with Crippen molar-refractivity contribution in [2.24, 2.45) is 7.05 Å². The highest BCUT2D eigenvalue weighted by molar-refractivity contribution is 7.89. The third kappa shape index (κ3) is 4.61. The predicted molar refractivity (Wildman–Crippen MR) is 110 cm³/mol. The molecule has 0 atom stereocenters. The molecule has 0 radical (unpaired) electrons. The van der Waals surface area contributed by atoms with Crippen molar-refractivity contribution in [2.45, 2.75) is 50.7 Å². The van der Waals surface area contributed by atoms with Gasteiger partial charge in [0.15, 0.2) is 0 Å². The normalized spacial score (nSPS) is 15.8. The number of sulfonamides is 1. The van der Waals surface area contributed by atoms with E-state index in [0.717, 1.165) is 25.1 Å². The van der Waals surface area contributed by atoms with Crippen molar-refractivity contribution in [3.05, 3.63) is 35.4 Å². The van der Waals surface area contributed by atoms with E-state index in [0.29, 0.717) is 36.2 Å². The highest BCUT2D eigenvalue weighted by Crippen LogP contribution is 2.31. The Morgan fingerprint density at radius 3 is 2.57 bits per heavy atom. The summed E-state index contributed by atoms with van der Waals surface area (Å²) in [5, 5.41) is 3.79. The second-order valence-electron chi connectivity index (χ2n) is 7.20. The van der Waals surface area contributed by atoms with Crippen molar-refractivity contribution in [1.29, 1.82) is 0 Å². The van der Waals surface area contributed by atoms with Gasteiger partial charge >= 0.3 is 0 Å². The fourth-order valence-corrected chi connectivity index (χ4v) is 4.87. The lowest BCUT2D eigenvalue weighted by molar-refractivity contribution is 0.243. The fraction of sp³-hybridized carbons (Fsp3) is 0.526. The van der Waals surface area contributed by atoms with Crippen LogP contribution in [0.5, 0.6) is 5.75 Å². The Balaban J connectivity index is 1.89. The number of nitrogens with zero attached hydrogens (tertiary/aromatic N) is 3. The van der Waals surface area contributed by atoms with Gasteiger partial charge in [0.25, 0.3) is 0 Å². The molecule has 2 heterocycles. The molecule has 0 spiro atoms. The molecule has 1 aromatic heterocycles. The van der Waals surface area contributed by atoms with E-state index in [2.05, 4.69) is 10.3 Å². The highest BCUT2D eigenvalue weighted by Gasteiger charge is 2.27. The Hall–Kier alpha value is -1.77. The monoisotopic (exact) mass is 426 g/mol. The van der Waals surface area contributed by atoms with Gasteiger partial charge < -0.3 is 14.6 Å². The molecule has 2 aromatic rings. The molecule has 3 rings (SSSR count). The quantitative estimate of drug-likeness (QED) is 0.731. The summed E-state index contributed by atoms with van der Waals surface area (Å²) >= 11 is 6.05. The zero-order chi connectivity index (χ0) is 20.3. The van der Waals surface area contributed by atoms with Crippen molar-refractivity contribution >= 4 is 27.3 Å². The number of ether oxygens (including phenoxy) is 1. The van der Waals surface area contributed by atoms with E-state index in [1.807, 2.05) is 20.9 Å². The number of rotatable bonds is 7. The third-order valence-electron chi connectivity index (χ3n) is 4.73. The van der Waals surface area contributed by atoms with E-state index >= 15 is 0 Å². The summed E-state index contributed by atoms with van der Waals surface area (Å²) in [4.78, 5) is 4.54. The van der Waals surface area contributed by atoms with Gasteiger partial charge in [-0.3, -0.25) is 0 Å². The van der Waals surface area contributed by atoms with E-state index in [-0.39, 0.29) is 11.0 Å². The topological polar surface area (TPSA) is 76.5 Å². The molecule has 1 aromatic carbocycles. The Bertz CT molecular complexity index is 921. The number of imidazole rings is 1. The number of aromatic nitrogens is 2. The van der Waals surface area contributed by atoms with E-state index in [9.17, 15) is 8.42 Å². The first-order valence-corrected chi connectivity index (χ1v) is 11.3. The zero-order valence-electron chi connectivity index (χ0n) is 16.5. The molecular formula is C19H27ClN4O3S. The minimum Gasteiger partial charge on any atom is -0.489 e. The number of nitrogens with one attached hydrogen (secondary N) is 1. The lowest BCUT2D eigenvalue weighted by Gasteiger charge is -2.26. The largest absolute Gasteiger partial charge is 0.489 e. The van der Waals surface area contributed by atoms with E-state index in [1.54, 1.807) is 33.3 Å². The van der Waals surface area contributed by atoms with Crippen LogP contribution < -0.4 is 10.1 Å². The van der Waals surface area contributed by atoms with Gasteiger partial charge in [-0.15, -0.1) is 0 Å². The van der Waals surface area contributed by atoms with Gasteiger partial charge in [-0.1, -0.05) is 18.0 Å². The smallest absolute Gasteiger partial charge is 0.243 e. The van der Waals surface area contributed by atoms with Crippen molar-refractivity contribution in [3.8, 4) is 5.75 Å². The maximum atomic E-state index is 13.0. The molecule has 154 valence electrons. The van der Waals surface area contributed by atoms with Gasteiger partial charge in [0.05, 0.1) is 29.4 Å². The summed E-state index contributed by atoms with van der Waals surface area (Å²) in [6, 6.07) is 4.97. The van der Waals surface area contributed by atoms with E-state index in [1.165, 1.54) is 0 Å². The van der Waals surface area contributed by atoms with E-state index in [4.69, 9.17) is 16.3 Å². The van der Waals surface area contributed by atoms with Crippen molar-refractivity contribution in [2.75, 3.05) is 18.4 Å². The number of halogens is 1. The van der Waals surface area contributed by atoms with Gasteiger partial charge in [-0.2, -0.15) is 4.31 Å². The lowest BCUT2D eigenvalue weighted by Crippen LogP contribution is -2.35. The minimum absolute atomic E-state index is 0.0345. The van der Waals surface area contributed by atoms with Crippen LogP contribution >= 0.6 is 11.6 Å². The molecule has 0 aliphatic carbocycles. The molecule has 0 amide bonds. The fourth-order valence-electron chi connectivity index (χ4n) is 3.18. The van der Waals surface area contributed by atoms with Crippen LogP contribution in [0.25, 0.3) is 0 Å². The van der Waals surface area contributed by atoms with Crippen LogP contribution in [0.3, 0.4) is 0 Å². The number of anilines is 1. The van der Waals surface area contributed by atoms with Crippen molar-refractivity contribution in [3.63, 3.8) is 0 Å². The number of benzene rings is 1. The summed E-state index contributed by atoms with van der Waals surface area (Å²) in [6.45, 7) is 5.40. The molecule has 1 saturated heterocycles. The zero-order valence-corrected chi connectivity index (χ0v) is 18.1. The van der Waals surface area contributed by atoms with Crippen molar-refractivity contribution < 1.29 is 13.2 Å². The van der Waals surface area contributed by atoms with Gasteiger partial charge in [0.1, 0.15) is 16.7 Å². The number of hydrogen-bond donors (Lipinski definition) is 1. The maximum absolute atomic E-state index is 13.0. The molecule has 0 saturated carbocycles. The predicted octanol–water partition coefficient (Wildman–Crippen LogP) is 3.65. The van der Waals surface area contributed by atoms with Crippen LogP contribution in [0.2, 0.25) is 5.15 Å². The number of piperidine rings is 1. The average Bonchev–Trinajstić information content (AvgIpc) is 2.99. The summed E-state index contributed by atoms with van der Waals surface area (Å²) in [6.07, 6.45) is 4.43. The third-order valence-corrected chi connectivity index (χ3v) is 6.98. The molecule has 7 nitrogen and oxygen atoms in total. The molecule has 28 heavy (non-hydrogen) atoms. The van der Waals surface area contributed by atoms with E-state index < -0.39 is 10.0 Å². The van der Waals surface area contributed by atoms with Crippen LogP contribution in [0.15, 0.2) is 29.3 Å². The molecule has 1 aliphatic rings. The van der Waals surface area contributed by atoms with Crippen LogP contribution in [-0.2, 0) is 23.6 Å². The maximum Gasteiger partial charge on any atom is 0.243 e. The molecule has 1 fully saturated rings. The second kappa shape index (κ2) is 8.71. The SMILES string of the molecule is CC(C)Oc1ccc(S(=O)(=O)N2CCCCC2)cc1NCc1ncc(Cl)n1C. The Morgan fingerprint density at radius 1 is 1.25 bits per heavy atom. The standard InChI is InChI=1S/C19H27ClN4O3S/c1-14(2)27-17-8-7-15(28(25,26)24-9-5-4-6-10-24)11-16(17)21-13-19-22-12-18(20)23(19)3/h7-8,11-12,14,21H,4-6,9-10,13H2,1-3H3. The first-order chi connectivity index (χ1) is 13.3. The minimum atomic E-state index is -3.52. The molecule has 0 unspecified atom stereocenters. The summed E-state index contributed by atoms with van der Waals surface area (Å²) < 4.78 is 35.3. The van der Waals surface area contributed by atoms with Gasteiger partial charge in [0, 0.05) is 20.1 Å². The summed E-state index contributed by atoms with van der Waals surface area (Å²) in [5.41, 5.74) is 0.617. The van der Waals surface area contributed by atoms with Crippen LogP contribution in [0.4, 0.5) is 5.69 Å². The van der Waals surface area contributed by atoms with Crippen LogP contribution in [0, 0.1) is 0 Å². The molecular weight excluding hydrogens is 400 g/mol. The Kier molecular flexibility index (Phi) is 6.52. The molecule has 1 aliphatic heterocycles. The summed E-state index contributed by atoms with van der Waals surface area (Å²) in [7, 11) is -1.69. The molecule has 9 heteroatoms. The first-order valence-electron chi connectivity index (χ1n) is 9.50. The first kappa shape index (κ1) is 21.0. The molecule has 0 bridgehead atoms. The van der Waals surface area contributed by atoms with Gasteiger partial charge in [-0.25, -0.2) is 13.4 Å². The number of hydrogen-bond acceptors (Lipinski definition) is 5. The van der Waals surface area contributed by atoms with Crippen LogP contribution in [0.1, 0.15) is 38.9 Å². The van der Waals surface area contributed by atoms with Gasteiger partial charge in [0.2, 0.25) is 10.0 Å². The Labute approximate surface area is 171 Å². The molecule has 1 N–H and O–H groups in total.